The summed E-state index contributed by atoms with van der Waals surface area (Å²) < 4.78 is 5.73. The molecule has 2 atom stereocenters. The van der Waals surface area contributed by atoms with Crippen molar-refractivity contribution in [1.82, 2.24) is 4.90 Å². The molecule has 2 amide bonds. The number of benzene rings is 2. The largest absolute Gasteiger partial charge is 0.481 e. The van der Waals surface area contributed by atoms with Crippen molar-refractivity contribution in [1.29, 1.82) is 0 Å². The van der Waals surface area contributed by atoms with Crippen molar-refractivity contribution in [3.05, 3.63) is 60.2 Å². The van der Waals surface area contributed by atoms with Crippen LogP contribution in [0.4, 0.5) is 5.69 Å². The topological polar surface area (TPSA) is 97.0 Å². The van der Waals surface area contributed by atoms with Gasteiger partial charge >= 0.3 is 0 Å². The van der Waals surface area contributed by atoms with Crippen molar-refractivity contribution in [2.45, 2.75) is 50.7 Å². The zero-order chi connectivity index (χ0) is 22.7. The minimum Gasteiger partial charge on any atom is -0.481 e. The van der Waals surface area contributed by atoms with Gasteiger partial charge in [0.05, 0.1) is 0 Å². The first kappa shape index (κ1) is 21.9. The van der Waals surface area contributed by atoms with Crippen LogP contribution in [0.15, 0.2) is 59.6 Å². The Bertz CT molecular complexity index is 1020. The molecule has 3 N–H and O–H groups in total. The minimum atomic E-state index is -1.04. The number of hydrogen-bond donors (Lipinski definition) is 2. The smallest absolute Gasteiger partial charge is 0.265 e. The van der Waals surface area contributed by atoms with Crippen LogP contribution in [0.1, 0.15) is 44.6 Å². The average Bonchev–Trinajstić information content (AvgIpc) is 3.05. The van der Waals surface area contributed by atoms with Crippen molar-refractivity contribution >= 4 is 23.5 Å². The first-order valence-corrected chi connectivity index (χ1v) is 11.2. The third-order valence-corrected chi connectivity index (χ3v) is 6.46. The fourth-order valence-corrected chi connectivity index (χ4v) is 4.71. The second-order valence-electron chi connectivity index (χ2n) is 8.58. The fraction of sp³-hybridized carbons (Fsp3) is 0.400. The third kappa shape index (κ3) is 4.07. The predicted molar refractivity (Wildman–Crippen MR) is 124 cm³/mol. The molecule has 0 aromatic heterocycles. The number of hydrogen-bond acceptors (Lipinski definition) is 5. The number of guanidine groups is 1. The number of carbonyl (C=O) groups is 2. The summed E-state index contributed by atoms with van der Waals surface area (Å²) in [5.74, 6) is 0.574. The molecule has 2 aromatic carbocycles. The monoisotopic (exact) mass is 434 g/mol. The maximum absolute atomic E-state index is 13.4. The number of anilines is 1. The Morgan fingerprint density at radius 1 is 1.16 bits per heavy atom. The number of likely N-dealkylation sites (N-methyl/N-ethyl adjacent to an activating group) is 1. The maximum Gasteiger partial charge on any atom is 0.265 e. The van der Waals surface area contributed by atoms with Gasteiger partial charge in [0.15, 0.2) is 17.6 Å². The summed E-state index contributed by atoms with van der Waals surface area (Å²) in [7, 11) is 1.67. The van der Waals surface area contributed by atoms with Crippen LogP contribution in [0.25, 0.3) is 0 Å². The van der Waals surface area contributed by atoms with Crippen LogP contribution in [0.2, 0.25) is 0 Å². The van der Waals surface area contributed by atoms with E-state index in [4.69, 9.17) is 15.5 Å². The van der Waals surface area contributed by atoms with Gasteiger partial charge in [-0.25, -0.2) is 4.99 Å². The Hall–Kier alpha value is -3.35. The second-order valence-corrected chi connectivity index (χ2v) is 8.58. The van der Waals surface area contributed by atoms with Gasteiger partial charge < -0.3 is 15.8 Å². The summed E-state index contributed by atoms with van der Waals surface area (Å²) in [6.45, 7) is 1.70. The number of para-hydroxylation sites is 1. The summed E-state index contributed by atoms with van der Waals surface area (Å²) >= 11 is 0. The molecule has 2 aliphatic rings. The van der Waals surface area contributed by atoms with Crippen molar-refractivity contribution in [3.63, 3.8) is 0 Å². The molecule has 4 rings (SSSR count). The van der Waals surface area contributed by atoms with Crippen molar-refractivity contribution < 1.29 is 14.3 Å². The second kappa shape index (κ2) is 9.02. The van der Waals surface area contributed by atoms with Gasteiger partial charge in [-0.2, -0.15) is 0 Å². The Labute approximate surface area is 188 Å². The minimum absolute atomic E-state index is 0.0820. The van der Waals surface area contributed by atoms with Gasteiger partial charge in [0.2, 0.25) is 0 Å². The summed E-state index contributed by atoms with van der Waals surface area (Å²) in [6, 6.07) is 16.6. The molecule has 168 valence electrons. The molecule has 1 fully saturated rings. The van der Waals surface area contributed by atoms with E-state index >= 15 is 0 Å². The van der Waals surface area contributed by atoms with E-state index in [-0.39, 0.29) is 23.7 Å². The highest BCUT2D eigenvalue weighted by atomic mass is 16.5. The molecule has 7 nitrogen and oxygen atoms in total. The van der Waals surface area contributed by atoms with E-state index in [0.717, 1.165) is 31.2 Å². The van der Waals surface area contributed by atoms with Gasteiger partial charge in [-0.1, -0.05) is 49.6 Å². The van der Waals surface area contributed by atoms with Gasteiger partial charge in [0.25, 0.3) is 11.8 Å². The van der Waals surface area contributed by atoms with Crippen LogP contribution in [-0.4, -0.2) is 35.8 Å². The van der Waals surface area contributed by atoms with Crippen LogP contribution in [0, 0.1) is 5.92 Å². The van der Waals surface area contributed by atoms with Crippen molar-refractivity contribution in [3.8, 4) is 5.75 Å². The van der Waals surface area contributed by atoms with E-state index in [0.29, 0.717) is 11.4 Å². The van der Waals surface area contributed by atoms with Crippen LogP contribution in [-0.2, 0) is 15.1 Å². The van der Waals surface area contributed by atoms with Gasteiger partial charge in [-0.05, 0) is 55.5 Å². The van der Waals surface area contributed by atoms with E-state index in [2.05, 4.69) is 5.32 Å². The lowest BCUT2D eigenvalue weighted by Gasteiger charge is -2.36. The molecule has 1 aliphatic heterocycles. The summed E-state index contributed by atoms with van der Waals surface area (Å²) in [5, 5.41) is 2.91. The lowest BCUT2D eigenvalue weighted by molar-refractivity contribution is -0.133. The molecule has 0 bridgehead atoms. The highest BCUT2D eigenvalue weighted by Gasteiger charge is 2.53. The van der Waals surface area contributed by atoms with E-state index in [1.165, 1.54) is 11.3 Å². The van der Waals surface area contributed by atoms with Gasteiger partial charge in [-0.3, -0.25) is 14.5 Å². The Morgan fingerprint density at radius 2 is 1.88 bits per heavy atom. The number of ether oxygens (including phenoxy) is 1. The number of amides is 2. The number of nitrogens with two attached hydrogens (primary N) is 1. The first-order chi connectivity index (χ1) is 15.4. The van der Waals surface area contributed by atoms with E-state index in [9.17, 15) is 9.59 Å². The molecular formula is C25H30N4O3. The molecule has 0 spiro atoms. The predicted octanol–water partition coefficient (Wildman–Crippen LogP) is 3.65. The van der Waals surface area contributed by atoms with Gasteiger partial charge in [0, 0.05) is 12.7 Å². The molecule has 0 radical (unpaired) electrons. The summed E-state index contributed by atoms with van der Waals surface area (Å²) in [6.07, 6.45) is 4.49. The SMILES string of the molecule is CC(Oc1ccccc1)C(=O)Nc1cccc(C2(C3CCCCC3)N=C(N)N(C)C2=O)c1. The van der Waals surface area contributed by atoms with Crippen LogP contribution in [0.3, 0.4) is 0 Å². The number of aliphatic imine (C=N–C) groups is 1. The van der Waals surface area contributed by atoms with Crippen LogP contribution in [0.5, 0.6) is 5.75 Å². The molecule has 1 heterocycles. The molecule has 1 saturated carbocycles. The van der Waals surface area contributed by atoms with E-state index in [1.54, 1.807) is 20.0 Å². The lowest BCUT2D eigenvalue weighted by Crippen LogP contribution is -2.45. The number of nitrogens with zero attached hydrogens (tertiary/aromatic N) is 2. The number of carbonyl (C=O) groups excluding carboxylic acids is 2. The molecular weight excluding hydrogens is 404 g/mol. The number of rotatable bonds is 6. The Kier molecular flexibility index (Phi) is 6.17. The van der Waals surface area contributed by atoms with Gasteiger partial charge in [0.1, 0.15) is 5.75 Å². The van der Waals surface area contributed by atoms with Crippen LogP contribution >= 0.6 is 0 Å². The summed E-state index contributed by atoms with van der Waals surface area (Å²) in [5.41, 5.74) is 6.41. The van der Waals surface area contributed by atoms with Gasteiger partial charge in [-0.15, -0.1) is 0 Å². The standard InChI is InChI=1S/C25H30N4O3/c1-17(32-21-14-7-4-8-15-21)22(30)27-20-13-9-12-19(16-20)25(18-10-5-3-6-11-18)23(31)29(2)24(26)28-25/h4,7-9,12-18H,3,5-6,10-11H2,1-2H3,(H2,26,28)(H,27,30). The highest BCUT2D eigenvalue weighted by molar-refractivity contribution is 6.07. The average molecular weight is 435 g/mol. The molecule has 7 heteroatoms. The Balaban J connectivity index is 1.59. The zero-order valence-electron chi connectivity index (χ0n) is 18.6. The summed E-state index contributed by atoms with van der Waals surface area (Å²) in [4.78, 5) is 32.3. The normalized spacial score (nSPS) is 22.4. The zero-order valence-corrected chi connectivity index (χ0v) is 18.6. The first-order valence-electron chi connectivity index (χ1n) is 11.2. The Morgan fingerprint density at radius 3 is 2.53 bits per heavy atom. The van der Waals surface area contributed by atoms with E-state index in [1.807, 2.05) is 48.5 Å². The molecule has 0 saturated heterocycles. The quantitative estimate of drug-likeness (QED) is 0.725. The van der Waals surface area contributed by atoms with Crippen LogP contribution < -0.4 is 15.8 Å². The molecule has 2 unspecified atom stereocenters. The molecule has 2 aromatic rings. The highest BCUT2D eigenvalue weighted by Crippen LogP contribution is 2.46. The van der Waals surface area contributed by atoms with Crippen molar-refractivity contribution in [2.24, 2.45) is 16.6 Å². The van der Waals surface area contributed by atoms with E-state index < -0.39 is 11.6 Å². The maximum atomic E-state index is 13.4. The number of nitrogens with one attached hydrogen (secondary N) is 1. The van der Waals surface area contributed by atoms with Crippen molar-refractivity contribution in [2.75, 3.05) is 12.4 Å². The molecule has 32 heavy (non-hydrogen) atoms. The molecule has 1 aliphatic carbocycles. The third-order valence-electron chi connectivity index (χ3n) is 6.46. The lowest BCUT2D eigenvalue weighted by atomic mass is 9.71. The fourth-order valence-electron chi connectivity index (χ4n) is 4.71.